The molecule has 1 aromatic carbocycles. The summed E-state index contributed by atoms with van der Waals surface area (Å²) in [5.41, 5.74) is 0.616. The number of hydrogen-bond donors (Lipinski definition) is 0. The highest BCUT2D eigenvalue weighted by Gasteiger charge is 2.45. The van der Waals surface area contributed by atoms with Gasteiger partial charge in [0.1, 0.15) is 12.3 Å². The van der Waals surface area contributed by atoms with Crippen molar-refractivity contribution in [1.82, 2.24) is 15.0 Å². The van der Waals surface area contributed by atoms with Gasteiger partial charge in [-0.2, -0.15) is 9.90 Å². The van der Waals surface area contributed by atoms with Crippen molar-refractivity contribution in [3.63, 3.8) is 0 Å². The van der Waals surface area contributed by atoms with Crippen LogP contribution in [-0.2, 0) is 47.7 Å². The van der Waals surface area contributed by atoms with E-state index in [0.29, 0.717) is 5.69 Å². The van der Waals surface area contributed by atoms with Gasteiger partial charge in [-0.05, 0) is 12.1 Å². The van der Waals surface area contributed by atoms with Crippen LogP contribution in [0.25, 0.3) is 5.69 Å². The van der Waals surface area contributed by atoms with Gasteiger partial charge >= 0.3 is 29.8 Å². The molecule has 0 aliphatic heterocycles. The summed E-state index contributed by atoms with van der Waals surface area (Å²) >= 11 is 0. The van der Waals surface area contributed by atoms with E-state index in [1.165, 1.54) is 11.0 Å². The fraction of sp³-hybridized carbons (Fsp3) is 0.435. The number of benzene rings is 1. The number of rotatable bonds is 11. The number of nitrogens with zero attached hydrogens (tertiary/aromatic N) is 3. The molecule has 36 heavy (non-hydrogen) atoms. The maximum absolute atomic E-state index is 12.1. The van der Waals surface area contributed by atoms with Gasteiger partial charge in [-0.25, -0.2) is 0 Å². The molecule has 1 aromatic heterocycles. The van der Waals surface area contributed by atoms with E-state index in [-0.39, 0.29) is 5.69 Å². The second-order valence-corrected chi connectivity index (χ2v) is 7.52. The van der Waals surface area contributed by atoms with Crippen molar-refractivity contribution in [2.75, 3.05) is 6.61 Å². The van der Waals surface area contributed by atoms with E-state index in [1.54, 1.807) is 30.3 Å². The third-order valence-corrected chi connectivity index (χ3v) is 4.44. The molecule has 0 bridgehead atoms. The fourth-order valence-corrected chi connectivity index (χ4v) is 3.21. The number of para-hydroxylation sites is 1. The number of carbonyl (C=O) groups excluding carboxylic acids is 5. The summed E-state index contributed by atoms with van der Waals surface area (Å²) in [6.07, 6.45) is -4.75. The summed E-state index contributed by atoms with van der Waals surface area (Å²) in [7, 11) is 0. The topological polar surface area (TPSA) is 162 Å². The molecule has 0 unspecified atom stereocenters. The summed E-state index contributed by atoms with van der Waals surface area (Å²) in [6, 6.07) is 8.78. The average molecular weight is 505 g/mol. The molecule has 0 saturated carbocycles. The van der Waals surface area contributed by atoms with Crippen molar-refractivity contribution < 1.29 is 47.7 Å². The maximum Gasteiger partial charge on any atom is 0.303 e. The smallest absolute Gasteiger partial charge is 0.303 e. The van der Waals surface area contributed by atoms with Crippen LogP contribution in [0.3, 0.4) is 0 Å². The Morgan fingerprint density at radius 3 is 1.83 bits per heavy atom. The molecule has 0 saturated heterocycles. The van der Waals surface area contributed by atoms with Crippen molar-refractivity contribution >= 4 is 29.8 Å². The summed E-state index contributed by atoms with van der Waals surface area (Å²) in [5, 5.41) is 8.48. The van der Waals surface area contributed by atoms with E-state index in [0.717, 1.165) is 34.6 Å². The second kappa shape index (κ2) is 13.0. The predicted molar refractivity (Wildman–Crippen MR) is 119 cm³/mol. The summed E-state index contributed by atoms with van der Waals surface area (Å²) in [4.78, 5) is 60.5. The highest BCUT2D eigenvalue weighted by molar-refractivity contribution is 5.69. The zero-order valence-corrected chi connectivity index (χ0v) is 20.4. The molecule has 0 aliphatic carbocycles. The predicted octanol–water partition coefficient (Wildman–Crippen LogP) is 1.23. The molecule has 0 N–H and O–H groups in total. The van der Waals surface area contributed by atoms with Crippen LogP contribution in [0.15, 0.2) is 36.5 Å². The van der Waals surface area contributed by atoms with E-state index in [2.05, 4.69) is 10.2 Å². The van der Waals surface area contributed by atoms with E-state index < -0.39 is 60.9 Å². The lowest BCUT2D eigenvalue weighted by atomic mass is 10.00. The minimum absolute atomic E-state index is 0.0338. The van der Waals surface area contributed by atoms with Gasteiger partial charge in [-0.15, -0.1) is 5.10 Å². The van der Waals surface area contributed by atoms with E-state index in [1.807, 2.05) is 0 Å². The molecule has 194 valence electrons. The molecule has 1 heterocycles. The van der Waals surface area contributed by atoms with Crippen molar-refractivity contribution in [3.05, 3.63) is 42.2 Å². The molecule has 13 nitrogen and oxygen atoms in total. The molecule has 0 radical (unpaired) electrons. The van der Waals surface area contributed by atoms with Crippen LogP contribution >= 0.6 is 0 Å². The van der Waals surface area contributed by atoms with E-state index in [9.17, 15) is 24.0 Å². The summed E-state index contributed by atoms with van der Waals surface area (Å²) < 4.78 is 26.4. The van der Waals surface area contributed by atoms with Gasteiger partial charge in [0, 0.05) is 34.6 Å². The average Bonchev–Trinajstić information content (AvgIpc) is 3.27. The van der Waals surface area contributed by atoms with Gasteiger partial charge in [0.15, 0.2) is 24.4 Å². The molecule has 0 spiro atoms. The maximum atomic E-state index is 12.1. The zero-order valence-electron chi connectivity index (χ0n) is 20.4. The number of ether oxygens (including phenoxy) is 5. The van der Waals surface area contributed by atoms with Crippen LogP contribution in [0.4, 0.5) is 0 Å². The Bertz CT molecular complexity index is 1080. The first-order valence-electron chi connectivity index (χ1n) is 10.8. The largest absolute Gasteiger partial charge is 0.462 e. The van der Waals surface area contributed by atoms with Gasteiger partial charge in [-0.3, -0.25) is 24.0 Å². The molecule has 4 atom stereocenters. The first-order valence-corrected chi connectivity index (χ1v) is 10.8. The molecule has 13 heteroatoms. The van der Waals surface area contributed by atoms with Gasteiger partial charge in [0.05, 0.1) is 11.9 Å². The van der Waals surface area contributed by atoms with Crippen LogP contribution in [0.1, 0.15) is 46.4 Å². The lowest BCUT2D eigenvalue weighted by Crippen LogP contribution is -2.50. The Labute approximate surface area is 206 Å². The number of hydrogen-bond acceptors (Lipinski definition) is 12. The fourth-order valence-electron chi connectivity index (χ4n) is 3.21. The third kappa shape index (κ3) is 8.49. The number of esters is 5. The first kappa shape index (κ1) is 28.0. The van der Waals surface area contributed by atoms with Gasteiger partial charge in [0.25, 0.3) is 0 Å². The van der Waals surface area contributed by atoms with Gasteiger partial charge in [0.2, 0.25) is 0 Å². The van der Waals surface area contributed by atoms with Crippen molar-refractivity contribution in [2.45, 2.75) is 59.0 Å². The Hall–Kier alpha value is -4.29. The molecule has 0 amide bonds. The van der Waals surface area contributed by atoms with E-state index in [4.69, 9.17) is 23.7 Å². The molecule has 0 fully saturated rings. The van der Waals surface area contributed by atoms with Crippen molar-refractivity contribution in [2.24, 2.45) is 0 Å². The summed E-state index contributed by atoms with van der Waals surface area (Å²) in [6.45, 7) is 4.93. The SMILES string of the molecule is CC(=O)OC[C@@H](OC(C)=O)[C@@H](OC(C)=O)[C@H](OC(C)=O)[C@H](OC(C)=O)c1cnn(-c2ccccc2)n1. The monoisotopic (exact) mass is 505 g/mol. The standard InChI is InChI=1S/C23H27N3O10/c1-13(27)32-12-20(33-14(2)28)22(35-16(4)30)23(36-17(5)31)21(34-15(3)29)19-11-24-26(25-19)18-9-7-6-8-10-18/h6-11,20-23H,12H2,1-5H3/t20-,21-,22-,23-/m1/s1. The summed E-state index contributed by atoms with van der Waals surface area (Å²) in [5.74, 6) is -3.97. The molecule has 2 rings (SSSR count). The van der Waals surface area contributed by atoms with Crippen LogP contribution in [0.2, 0.25) is 0 Å². The zero-order chi connectivity index (χ0) is 26.8. The van der Waals surface area contributed by atoms with Crippen molar-refractivity contribution in [3.8, 4) is 5.69 Å². The van der Waals surface area contributed by atoms with Crippen LogP contribution < -0.4 is 0 Å². The third-order valence-electron chi connectivity index (χ3n) is 4.44. The highest BCUT2D eigenvalue weighted by Crippen LogP contribution is 2.29. The molecule has 0 aliphatic rings. The lowest BCUT2D eigenvalue weighted by molar-refractivity contribution is -0.203. The van der Waals surface area contributed by atoms with Gasteiger partial charge < -0.3 is 23.7 Å². The Kier molecular flexibility index (Phi) is 10.1. The normalized spacial score (nSPS) is 13.9. The second-order valence-electron chi connectivity index (χ2n) is 7.52. The van der Waals surface area contributed by atoms with Crippen molar-refractivity contribution in [1.29, 1.82) is 0 Å². The number of carbonyl (C=O) groups is 5. The van der Waals surface area contributed by atoms with Crippen LogP contribution in [0, 0.1) is 0 Å². The Morgan fingerprint density at radius 1 is 0.750 bits per heavy atom. The van der Waals surface area contributed by atoms with Gasteiger partial charge in [-0.1, -0.05) is 18.2 Å². The van der Waals surface area contributed by atoms with Crippen LogP contribution in [-0.4, -0.2) is 69.8 Å². The lowest BCUT2D eigenvalue weighted by Gasteiger charge is -2.34. The quantitative estimate of drug-likeness (QED) is 0.317. The Balaban J connectivity index is 2.60. The van der Waals surface area contributed by atoms with E-state index >= 15 is 0 Å². The first-order chi connectivity index (χ1) is 17.0. The minimum Gasteiger partial charge on any atom is -0.462 e. The minimum atomic E-state index is -1.57. The molecule has 2 aromatic rings. The molecular weight excluding hydrogens is 478 g/mol. The Morgan fingerprint density at radius 2 is 1.31 bits per heavy atom. The highest BCUT2D eigenvalue weighted by atomic mass is 16.6. The number of aromatic nitrogens is 3. The molecular formula is C23H27N3O10. The van der Waals surface area contributed by atoms with Crippen LogP contribution in [0.5, 0.6) is 0 Å².